The van der Waals surface area contributed by atoms with E-state index in [1.807, 2.05) is 37.4 Å². The zero-order chi connectivity index (χ0) is 13.0. The van der Waals surface area contributed by atoms with Crippen molar-refractivity contribution in [3.63, 3.8) is 0 Å². The SMILES string of the molecule is COc1ccccc1/C=N\n1c(C)nnc1SC. The zero-order valence-corrected chi connectivity index (χ0v) is 11.3. The monoisotopic (exact) mass is 262 g/mol. The number of hydrogen-bond donors (Lipinski definition) is 0. The van der Waals surface area contributed by atoms with E-state index < -0.39 is 0 Å². The molecule has 0 aliphatic carbocycles. The Morgan fingerprint density at radius 1 is 1.33 bits per heavy atom. The number of hydrogen-bond acceptors (Lipinski definition) is 5. The number of nitrogens with zero attached hydrogens (tertiary/aromatic N) is 4. The molecule has 2 aromatic rings. The molecule has 0 unspecified atom stereocenters. The standard InChI is InChI=1S/C12H14N4OS/c1-9-14-15-12(18-3)16(9)13-8-10-6-4-5-7-11(10)17-2/h4-8H,1-3H3/b13-8-. The number of rotatable bonds is 4. The Morgan fingerprint density at radius 3 is 2.83 bits per heavy atom. The topological polar surface area (TPSA) is 52.3 Å². The van der Waals surface area contributed by atoms with Crippen LogP contribution >= 0.6 is 11.8 Å². The maximum absolute atomic E-state index is 5.27. The fourth-order valence-corrected chi connectivity index (χ4v) is 1.97. The van der Waals surface area contributed by atoms with Crippen LogP contribution in [0.4, 0.5) is 0 Å². The Bertz CT molecular complexity index is 565. The number of aromatic nitrogens is 3. The minimum atomic E-state index is 0.755. The van der Waals surface area contributed by atoms with Crippen molar-refractivity contribution in [3.8, 4) is 5.75 Å². The van der Waals surface area contributed by atoms with Crippen LogP contribution in [0, 0.1) is 6.92 Å². The number of aryl methyl sites for hydroxylation is 1. The van der Waals surface area contributed by atoms with Gasteiger partial charge in [-0.1, -0.05) is 23.9 Å². The highest BCUT2D eigenvalue weighted by Gasteiger charge is 2.06. The average Bonchev–Trinajstić information content (AvgIpc) is 2.77. The highest BCUT2D eigenvalue weighted by molar-refractivity contribution is 7.98. The number of benzene rings is 1. The minimum Gasteiger partial charge on any atom is -0.496 e. The lowest BCUT2D eigenvalue weighted by molar-refractivity contribution is 0.414. The molecule has 0 bridgehead atoms. The van der Waals surface area contributed by atoms with Crippen LogP contribution < -0.4 is 4.74 Å². The number of para-hydroxylation sites is 1. The van der Waals surface area contributed by atoms with Crippen molar-refractivity contribution >= 4 is 18.0 Å². The van der Waals surface area contributed by atoms with E-state index in [0.29, 0.717) is 0 Å². The maximum atomic E-state index is 5.27. The Morgan fingerprint density at radius 2 is 2.11 bits per heavy atom. The van der Waals surface area contributed by atoms with Crippen LogP contribution in [0.5, 0.6) is 5.75 Å². The third kappa shape index (κ3) is 2.53. The second kappa shape index (κ2) is 5.68. The largest absolute Gasteiger partial charge is 0.496 e. The summed E-state index contributed by atoms with van der Waals surface area (Å²) in [4.78, 5) is 0. The predicted molar refractivity (Wildman–Crippen MR) is 72.5 cm³/mol. The first-order chi connectivity index (χ1) is 8.76. The smallest absolute Gasteiger partial charge is 0.211 e. The van der Waals surface area contributed by atoms with Crippen LogP contribution in [0.25, 0.3) is 0 Å². The molecule has 6 heteroatoms. The summed E-state index contributed by atoms with van der Waals surface area (Å²) in [5.74, 6) is 1.54. The van der Waals surface area contributed by atoms with Gasteiger partial charge in [0.2, 0.25) is 5.16 Å². The van der Waals surface area contributed by atoms with Gasteiger partial charge < -0.3 is 4.74 Å². The van der Waals surface area contributed by atoms with Crippen LogP contribution in [-0.2, 0) is 0 Å². The van der Waals surface area contributed by atoms with Crippen molar-refractivity contribution in [1.29, 1.82) is 0 Å². The minimum absolute atomic E-state index is 0.755. The van der Waals surface area contributed by atoms with Crippen molar-refractivity contribution < 1.29 is 4.74 Å². The van der Waals surface area contributed by atoms with Crippen LogP contribution in [0.3, 0.4) is 0 Å². The molecule has 1 aromatic carbocycles. The molecule has 0 radical (unpaired) electrons. The number of methoxy groups -OCH3 is 1. The van der Waals surface area contributed by atoms with Crippen molar-refractivity contribution in [1.82, 2.24) is 14.9 Å². The Labute approximate surface area is 110 Å². The van der Waals surface area contributed by atoms with E-state index in [1.165, 1.54) is 11.8 Å². The quantitative estimate of drug-likeness (QED) is 0.626. The zero-order valence-electron chi connectivity index (χ0n) is 10.5. The molecule has 0 amide bonds. The van der Waals surface area contributed by atoms with Gasteiger partial charge in [0.05, 0.1) is 13.3 Å². The molecule has 0 saturated carbocycles. The van der Waals surface area contributed by atoms with Crippen LogP contribution in [0.1, 0.15) is 11.4 Å². The van der Waals surface area contributed by atoms with E-state index >= 15 is 0 Å². The van der Waals surface area contributed by atoms with E-state index in [9.17, 15) is 0 Å². The maximum Gasteiger partial charge on any atom is 0.211 e. The van der Waals surface area contributed by atoms with E-state index in [2.05, 4.69) is 15.3 Å². The predicted octanol–water partition coefficient (Wildman–Crippen LogP) is 2.20. The number of thioether (sulfide) groups is 1. The molecule has 0 N–H and O–H groups in total. The average molecular weight is 262 g/mol. The number of ether oxygens (including phenoxy) is 1. The first-order valence-electron chi connectivity index (χ1n) is 5.39. The summed E-state index contributed by atoms with van der Waals surface area (Å²) in [6.45, 7) is 1.87. The summed E-state index contributed by atoms with van der Waals surface area (Å²) in [6, 6.07) is 7.71. The van der Waals surface area contributed by atoms with Crippen molar-refractivity contribution in [2.75, 3.05) is 13.4 Å². The Kier molecular flexibility index (Phi) is 3.99. The molecule has 1 aromatic heterocycles. The molecule has 94 valence electrons. The molecule has 0 spiro atoms. The van der Waals surface area contributed by atoms with Crippen LogP contribution in [-0.4, -0.2) is 34.5 Å². The summed E-state index contributed by atoms with van der Waals surface area (Å²) in [7, 11) is 1.64. The van der Waals surface area contributed by atoms with E-state index in [-0.39, 0.29) is 0 Å². The summed E-state index contributed by atoms with van der Waals surface area (Å²) >= 11 is 1.51. The molecular weight excluding hydrogens is 248 g/mol. The van der Waals surface area contributed by atoms with Gasteiger partial charge in [-0.2, -0.15) is 9.78 Å². The fraction of sp³-hybridized carbons (Fsp3) is 0.250. The second-order valence-corrected chi connectivity index (χ2v) is 4.31. The van der Waals surface area contributed by atoms with Gasteiger partial charge in [-0.15, -0.1) is 10.2 Å². The molecule has 0 saturated heterocycles. The van der Waals surface area contributed by atoms with Gasteiger partial charge in [0, 0.05) is 5.56 Å². The first kappa shape index (κ1) is 12.6. The van der Waals surface area contributed by atoms with E-state index in [1.54, 1.807) is 18.0 Å². The Hall–Kier alpha value is -1.82. The van der Waals surface area contributed by atoms with Crippen molar-refractivity contribution in [2.45, 2.75) is 12.1 Å². The third-order valence-corrected chi connectivity index (χ3v) is 3.02. The van der Waals surface area contributed by atoms with Gasteiger partial charge in [0.15, 0.2) is 5.82 Å². The van der Waals surface area contributed by atoms with E-state index in [0.717, 1.165) is 22.3 Å². The summed E-state index contributed by atoms with van der Waals surface area (Å²) < 4.78 is 6.97. The highest BCUT2D eigenvalue weighted by Crippen LogP contribution is 2.16. The van der Waals surface area contributed by atoms with Gasteiger partial charge in [-0.3, -0.25) is 0 Å². The Balaban J connectivity index is 2.32. The van der Waals surface area contributed by atoms with Gasteiger partial charge in [-0.25, -0.2) is 0 Å². The molecule has 1 heterocycles. The fourth-order valence-electron chi connectivity index (χ4n) is 1.49. The molecule has 0 fully saturated rings. The molecule has 18 heavy (non-hydrogen) atoms. The summed E-state index contributed by atoms with van der Waals surface area (Å²) in [5.41, 5.74) is 0.917. The molecule has 0 atom stereocenters. The molecular formula is C12H14N4OS. The lowest BCUT2D eigenvalue weighted by Crippen LogP contribution is -1.97. The molecule has 2 rings (SSSR count). The summed E-state index contributed by atoms with van der Waals surface area (Å²) in [5, 5.41) is 13.2. The van der Waals surface area contributed by atoms with Crippen LogP contribution in [0.15, 0.2) is 34.5 Å². The van der Waals surface area contributed by atoms with Crippen molar-refractivity contribution in [2.24, 2.45) is 5.10 Å². The van der Waals surface area contributed by atoms with Gasteiger partial charge in [0.25, 0.3) is 0 Å². The molecule has 0 aliphatic rings. The normalized spacial score (nSPS) is 11.1. The van der Waals surface area contributed by atoms with E-state index in [4.69, 9.17) is 4.74 Å². The lowest BCUT2D eigenvalue weighted by Gasteiger charge is -2.03. The first-order valence-corrected chi connectivity index (χ1v) is 6.62. The highest BCUT2D eigenvalue weighted by atomic mass is 32.2. The summed E-state index contributed by atoms with van der Waals surface area (Å²) in [6.07, 6.45) is 3.69. The van der Waals surface area contributed by atoms with Crippen molar-refractivity contribution in [3.05, 3.63) is 35.7 Å². The van der Waals surface area contributed by atoms with Gasteiger partial charge in [0.1, 0.15) is 5.75 Å². The second-order valence-electron chi connectivity index (χ2n) is 3.53. The lowest BCUT2D eigenvalue weighted by atomic mass is 10.2. The third-order valence-electron chi connectivity index (χ3n) is 2.40. The molecule has 0 aliphatic heterocycles. The van der Waals surface area contributed by atoms with Gasteiger partial charge >= 0.3 is 0 Å². The molecule has 5 nitrogen and oxygen atoms in total. The van der Waals surface area contributed by atoms with Crippen LogP contribution in [0.2, 0.25) is 0 Å². The van der Waals surface area contributed by atoms with Gasteiger partial charge in [-0.05, 0) is 25.3 Å².